The molecule has 7 heteroatoms. The number of carbonyl (C=O) groups is 2. The molecule has 3 heterocycles. The highest BCUT2D eigenvalue weighted by atomic mass is 16.5. The normalized spacial score (nSPS) is 15.0. The molecule has 0 unspecified atom stereocenters. The lowest BCUT2D eigenvalue weighted by atomic mass is 10.0. The largest absolute Gasteiger partial charge is 0.497 e. The smallest absolute Gasteiger partial charge is 0.257 e. The number of ether oxygens (including phenoxy) is 1. The fourth-order valence-corrected chi connectivity index (χ4v) is 3.57. The Kier molecular flexibility index (Phi) is 5.06. The molecule has 7 nitrogen and oxygen atoms in total. The SMILES string of the molecule is COc1ccc2c(CC(=O)NC3CCN(C(=O)c4ccoc4)CC3)coc2c1. The van der Waals surface area contributed by atoms with Gasteiger partial charge in [0.2, 0.25) is 5.91 Å². The highest BCUT2D eigenvalue weighted by Crippen LogP contribution is 2.26. The lowest BCUT2D eigenvalue weighted by molar-refractivity contribution is -0.121. The van der Waals surface area contributed by atoms with Crippen LogP contribution in [0.1, 0.15) is 28.8 Å². The summed E-state index contributed by atoms with van der Waals surface area (Å²) >= 11 is 0. The van der Waals surface area contributed by atoms with Crippen molar-refractivity contribution in [1.29, 1.82) is 0 Å². The summed E-state index contributed by atoms with van der Waals surface area (Å²) < 4.78 is 15.7. The zero-order valence-corrected chi connectivity index (χ0v) is 15.6. The number of nitrogens with one attached hydrogen (secondary N) is 1. The molecule has 3 aromatic rings. The van der Waals surface area contributed by atoms with Crippen molar-refractivity contribution in [1.82, 2.24) is 10.2 Å². The van der Waals surface area contributed by atoms with E-state index in [1.54, 1.807) is 24.3 Å². The first-order valence-corrected chi connectivity index (χ1v) is 9.29. The molecule has 1 aliphatic heterocycles. The molecule has 0 bridgehead atoms. The van der Waals surface area contributed by atoms with Crippen molar-refractivity contribution in [3.05, 3.63) is 54.2 Å². The van der Waals surface area contributed by atoms with Crippen LogP contribution in [0.15, 0.2) is 51.9 Å². The predicted octanol–water partition coefficient (Wildman–Crippen LogP) is 3.00. The van der Waals surface area contributed by atoms with Gasteiger partial charge < -0.3 is 23.8 Å². The van der Waals surface area contributed by atoms with Gasteiger partial charge in [0.05, 0.1) is 31.6 Å². The third-order valence-electron chi connectivity index (χ3n) is 5.13. The van der Waals surface area contributed by atoms with Crippen LogP contribution in [0.3, 0.4) is 0 Å². The average molecular weight is 382 g/mol. The van der Waals surface area contributed by atoms with E-state index < -0.39 is 0 Å². The third-order valence-corrected chi connectivity index (χ3v) is 5.13. The number of piperidine rings is 1. The van der Waals surface area contributed by atoms with Crippen LogP contribution < -0.4 is 10.1 Å². The Morgan fingerprint density at radius 1 is 1.21 bits per heavy atom. The molecule has 0 aliphatic carbocycles. The summed E-state index contributed by atoms with van der Waals surface area (Å²) in [5.74, 6) is 0.645. The Balaban J connectivity index is 1.31. The predicted molar refractivity (Wildman–Crippen MR) is 102 cm³/mol. The standard InChI is InChI=1S/C21H22N2O5/c1-26-17-2-3-18-15(13-28-19(18)11-17)10-20(24)22-16-4-7-23(8-5-16)21(25)14-6-9-27-12-14/h2-3,6,9,11-13,16H,4-5,7-8,10H2,1H3,(H,22,24). The maximum atomic E-state index is 12.5. The maximum absolute atomic E-state index is 12.5. The second-order valence-electron chi connectivity index (χ2n) is 6.95. The number of likely N-dealkylation sites (tertiary alicyclic amines) is 1. The topological polar surface area (TPSA) is 84.9 Å². The van der Waals surface area contributed by atoms with Gasteiger partial charge in [-0.3, -0.25) is 9.59 Å². The van der Waals surface area contributed by atoms with E-state index in [-0.39, 0.29) is 24.3 Å². The summed E-state index contributed by atoms with van der Waals surface area (Å²) in [6.45, 7) is 1.23. The minimum atomic E-state index is -0.0434. The highest BCUT2D eigenvalue weighted by Gasteiger charge is 2.25. The molecule has 0 saturated carbocycles. The molecule has 146 valence electrons. The van der Waals surface area contributed by atoms with Crippen molar-refractivity contribution in [2.75, 3.05) is 20.2 Å². The fraction of sp³-hybridized carbons (Fsp3) is 0.333. The monoisotopic (exact) mass is 382 g/mol. The Morgan fingerprint density at radius 2 is 2.04 bits per heavy atom. The van der Waals surface area contributed by atoms with Crippen LogP contribution >= 0.6 is 0 Å². The molecule has 1 saturated heterocycles. The van der Waals surface area contributed by atoms with Crippen LogP contribution in [0.4, 0.5) is 0 Å². The van der Waals surface area contributed by atoms with Crippen LogP contribution in [0.2, 0.25) is 0 Å². The number of benzene rings is 1. The van der Waals surface area contributed by atoms with Gasteiger partial charge >= 0.3 is 0 Å². The van der Waals surface area contributed by atoms with Crippen molar-refractivity contribution in [3.63, 3.8) is 0 Å². The fourth-order valence-electron chi connectivity index (χ4n) is 3.57. The number of furan rings is 2. The van der Waals surface area contributed by atoms with Crippen LogP contribution in [-0.2, 0) is 11.2 Å². The molecule has 0 atom stereocenters. The van der Waals surface area contributed by atoms with Crippen molar-refractivity contribution in [3.8, 4) is 5.75 Å². The van der Waals surface area contributed by atoms with Gasteiger partial charge in [0.15, 0.2) is 0 Å². The number of rotatable bonds is 5. The van der Waals surface area contributed by atoms with E-state index in [1.807, 2.05) is 18.2 Å². The van der Waals surface area contributed by atoms with E-state index in [0.717, 1.165) is 29.5 Å². The van der Waals surface area contributed by atoms with Gasteiger partial charge in [0, 0.05) is 36.1 Å². The summed E-state index contributed by atoms with van der Waals surface area (Å²) in [6.07, 6.45) is 6.30. The summed E-state index contributed by atoms with van der Waals surface area (Å²) in [5.41, 5.74) is 2.11. The molecule has 1 fully saturated rings. The van der Waals surface area contributed by atoms with Crippen LogP contribution in [0, 0.1) is 0 Å². The number of methoxy groups -OCH3 is 1. The summed E-state index contributed by atoms with van der Waals surface area (Å²) in [7, 11) is 1.60. The van der Waals surface area contributed by atoms with Gasteiger partial charge in [-0.2, -0.15) is 0 Å². The van der Waals surface area contributed by atoms with Crippen LogP contribution in [0.25, 0.3) is 11.0 Å². The summed E-state index contributed by atoms with van der Waals surface area (Å²) in [6, 6.07) is 7.30. The van der Waals surface area contributed by atoms with E-state index in [9.17, 15) is 9.59 Å². The second-order valence-corrected chi connectivity index (χ2v) is 6.95. The molecular weight excluding hydrogens is 360 g/mol. The van der Waals surface area contributed by atoms with Crippen molar-refractivity contribution < 1.29 is 23.2 Å². The molecule has 28 heavy (non-hydrogen) atoms. The van der Waals surface area contributed by atoms with Gasteiger partial charge in [-0.25, -0.2) is 0 Å². The zero-order valence-electron chi connectivity index (χ0n) is 15.6. The van der Waals surface area contributed by atoms with E-state index in [2.05, 4.69) is 5.32 Å². The molecule has 1 N–H and O–H groups in total. The van der Waals surface area contributed by atoms with Gasteiger partial charge in [-0.05, 0) is 31.0 Å². The summed E-state index contributed by atoms with van der Waals surface area (Å²) in [4.78, 5) is 26.6. The van der Waals surface area contributed by atoms with E-state index in [4.69, 9.17) is 13.6 Å². The van der Waals surface area contributed by atoms with Gasteiger partial charge in [-0.1, -0.05) is 0 Å². The average Bonchev–Trinajstić information content (AvgIpc) is 3.38. The van der Waals surface area contributed by atoms with Crippen LogP contribution in [0.5, 0.6) is 5.75 Å². The Hall–Kier alpha value is -3.22. The molecule has 4 rings (SSSR count). The first-order chi connectivity index (χ1) is 13.6. The Morgan fingerprint density at radius 3 is 2.75 bits per heavy atom. The first kappa shape index (κ1) is 18.2. The van der Waals surface area contributed by atoms with Crippen molar-refractivity contribution >= 4 is 22.8 Å². The molecule has 1 aliphatic rings. The lowest BCUT2D eigenvalue weighted by Crippen LogP contribution is -2.46. The number of amides is 2. The summed E-state index contributed by atoms with van der Waals surface area (Å²) in [5, 5.41) is 3.99. The molecule has 2 amide bonds. The minimum absolute atomic E-state index is 0.0289. The number of carbonyl (C=O) groups excluding carboxylic acids is 2. The van der Waals surface area contributed by atoms with Gasteiger partial charge in [0.25, 0.3) is 5.91 Å². The maximum Gasteiger partial charge on any atom is 0.257 e. The minimum Gasteiger partial charge on any atom is -0.497 e. The third kappa shape index (κ3) is 3.74. The van der Waals surface area contributed by atoms with Gasteiger partial charge in [0.1, 0.15) is 17.6 Å². The molecule has 1 aromatic carbocycles. The molecule has 0 radical (unpaired) electrons. The van der Waals surface area contributed by atoms with E-state index in [1.165, 1.54) is 12.5 Å². The second kappa shape index (κ2) is 7.80. The first-order valence-electron chi connectivity index (χ1n) is 9.29. The van der Waals surface area contributed by atoms with Crippen LogP contribution in [-0.4, -0.2) is 43.0 Å². The van der Waals surface area contributed by atoms with E-state index in [0.29, 0.717) is 24.2 Å². The highest BCUT2D eigenvalue weighted by molar-refractivity contribution is 5.94. The number of hydrogen-bond donors (Lipinski definition) is 1. The van der Waals surface area contributed by atoms with E-state index >= 15 is 0 Å². The molecule has 2 aromatic heterocycles. The van der Waals surface area contributed by atoms with Crippen molar-refractivity contribution in [2.24, 2.45) is 0 Å². The van der Waals surface area contributed by atoms with Crippen molar-refractivity contribution in [2.45, 2.75) is 25.3 Å². The lowest BCUT2D eigenvalue weighted by Gasteiger charge is -2.32. The number of nitrogens with zero attached hydrogens (tertiary/aromatic N) is 1. The Bertz CT molecular complexity index is 968. The zero-order chi connectivity index (χ0) is 19.5. The molecular formula is C21H22N2O5. The van der Waals surface area contributed by atoms with Gasteiger partial charge in [-0.15, -0.1) is 0 Å². The molecule has 0 spiro atoms. The number of hydrogen-bond acceptors (Lipinski definition) is 5. The Labute approximate surface area is 162 Å². The quantitative estimate of drug-likeness (QED) is 0.733. The number of fused-ring (bicyclic) bond motifs is 1.